The minimum absolute atomic E-state index is 0.0388. The number of fused-ring (bicyclic) bond motifs is 1. The maximum Gasteiger partial charge on any atom is 0.190 e. The largest absolute Gasteiger partial charge is 0.509 e. The lowest BCUT2D eigenvalue weighted by Crippen LogP contribution is -2.38. The molecular formula is C21H21N5O. The van der Waals surface area contributed by atoms with Crippen LogP contribution in [0, 0.1) is 13.5 Å². The highest BCUT2D eigenvalue weighted by Gasteiger charge is 2.18. The summed E-state index contributed by atoms with van der Waals surface area (Å²) in [5.74, 6) is 0.806. The fourth-order valence-electron chi connectivity index (χ4n) is 3.53. The van der Waals surface area contributed by atoms with Crippen molar-refractivity contribution in [2.24, 2.45) is 0 Å². The monoisotopic (exact) mass is 359 g/mol. The molecule has 6 heteroatoms. The summed E-state index contributed by atoms with van der Waals surface area (Å²) >= 11 is 0. The number of rotatable bonds is 3. The number of phenolic OH excluding ortho intramolecular Hbond substituents is 1. The van der Waals surface area contributed by atoms with Crippen LogP contribution in [0.3, 0.4) is 0 Å². The smallest absolute Gasteiger partial charge is 0.190 e. The SMILES string of the molecule is [C-]#[N+]c1ccc(-c2nnc(N[C@@H]3CCCNC3)c3cc(C)ccc23)c(O)c1. The minimum atomic E-state index is 0.0388. The number of piperidine rings is 1. The van der Waals surface area contributed by atoms with E-state index in [-0.39, 0.29) is 5.75 Å². The minimum Gasteiger partial charge on any atom is -0.509 e. The molecule has 2 aromatic carbocycles. The number of aromatic hydroxyl groups is 1. The number of nitrogens with one attached hydrogen (secondary N) is 2. The molecule has 136 valence electrons. The molecule has 0 spiro atoms. The van der Waals surface area contributed by atoms with E-state index >= 15 is 0 Å². The van der Waals surface area contributed by atoms with E-state index in [4.69, 9.17) is 6.57 Å². The Morgan fingerprint density at radius 1 is 1.19 bits per heavy atom. The van der Waals surface area contributed by atoms with Crippen LogP contribution in [0.2, 0.25) is 0 Å². The van der Waals surface area contributed by atoms with Crippen LogP contribution in [0.25, 0.3) is 26.9 Å². The van der Waals surface area contributed by atoms with Gasteiger partial charge in [-0.1, -0.05) is 29.8 Å². The highest BCUT2D eigenvalue weighted by Crippen LogP contribution is 2.37. The number of nitrogens with zero attached hydrogens (tertiary/aromatic N) is 3. The summed E-state index contributed by atoms with van der Waals surface area (Å²) in [5.41, 5.74) is 2.73. The van der Waals surface area contributed by atoms with Crippen molar-refractivity contribution in [3.05, 3.63) is 53.4 Å². The van der Waals surface area contributed by atoms with Gasteiger partial charge >= 0.3 is 0 Å². The average Bonchev–Trinajstić information content (AvgIpc) is 2.69. The Hall–Kier alpha value is -3.17. The van der Waals surface area contributed by atoms with Crippen LogP contribution >= 0.6 is 0 Å². The number of anilines is 1. The lowest BCUT2D eigenvalue weighted by molar-refractivity contribution is 0.477. The maximum absolute atomic E-state index is 10.4. The molecule has 6 nitrogen and oxygen atoms in total. The first-order chi connectivity index (χ1) is 13.2. The summed E-state index contributed by atoms with van der Waals surface area (Å²) in [6.45, 7) is 11.1. The second-order valence-corrected chi connectivity index (χ2v) is 6.95. The van der Waals surface area contributed by atoms with E-state index in [0.717, 1.165) is 48.1 Å². The third kappa shape index (κ3) is 3.42. The Balaban J connectivity index is 1.82. The summed E-state index contributed by atoms with van der Waals surface area (Å²) in [4.78, 5) is 3.36. The van der Waals surface area contributed by atoms with Crippen molar-refractivity contribution in [2.45, 2.75) is 25.8 Å². The molecule has 27 heavy (non-hydrogen) atoms. The Morgan fingerprint density at radius 3 is 2.81 bits per heavy atom. The third-order valence-corrected chi connectivity index (χ3v) is 4.94. The predicted molar refractivity (Wildman–Crippen MR) is 107 cm³/mol. The second kappa shape index (κ2) is 7.22. The van der Waals surface area contributed by atoms with Gasteiger partial charge in [-0.15, -0.1) is 10.2 Å². The van der Waals surface area contributed by atoms with E-state index in [1.165, 1.54) is 6.07 Å². The zero-order valence-electron chi connectivity index (χ0n) is 15.2. The fraction of sp³-hybridized carbons (Fsp3) is 0.286. The maximum atomic E-state index is 10.4. The summed E-state index contributed by atoms with van der Waals surface area (Å²) in [6.07, 6.45) is 2.24. The first-order valence-electron chi connectivity index (χ1n) is 9.11. The van der Waals surface area contributed by atoms with E-state index in [9.17, 15) is 5.11 Å². The summed E-state index contributed by atoms with van der Waals surface area (Å²) in [6, 6.07) is 11.3. The summed E-state index contributed by atoms with van der Waals surface area (Å²) in [5, 5.41) is 28.1. The first kappa shape index (κ1) is 17.3. The Kier molecular flexibility index (Phi) is 4.61. The number of aryl methyl sites for hydroxylation is 1. The van der Waals surface area contributed by atoms with Crippen LogP contribution in [-0.2, 0) is 0 Å². The van der Waals surface area contributed by atoms with Crippen LogP contribution in [0.5, 0.6) is 5.75 Å². The number of benzene rings is 2. The average molecular weight is 359 g/mol. The summed E-state index contributed by atoms with van der Waals surface area (Å²) in [7, 11) is 0. The molecule has 3 N–H and O–H groups in total. The Bertz CT molecular complexity index is 1030. The molecule has 1 saturated heterocycles. The van der Waals surface area contributed by atoms with Gasteiger partial charge in [0, 0.05) is 28.9 Å². The van der Waals surface area contributed by atoms with Gasteiger partial charge in [-0.3, -0.25) is 0 Å². The molecule has 0 radical (unpaired) electrons. The predicted octanol–water partition coefficient (Wildman–Crippen LogP) is 4.03. The standard InChI is InChI=1S/C21H21N5O/c1-13-5-7-16-18(10-13)21(24-15-4-3-9-23-12-15)26-25-20(16)17-8-6-14(22-2)11-19(17)27/h5-8,10-11,15,23,27H,3-4,9,12H2,1H3,(H,24,26)/t15-/m1/s1. The molecular weight excluding hydrogens is 338 g/mol. The molecule has 0 unspecified atom stereocenters. The molecule has 1 aliphatic rings. The quantitative estimate of drug-likeness (QED) is 0.616. The van der Waals surface area contributed by atoms with Gasteiger partial charge < -0.3 is 15.7 Å². The molecule has 1 atom stereocenters. The van der Waals surface area contributed by atoms with Crippen molar-refractivity contribution in [3.63, 3.8) is 0 Å². The molecule has 0 saturated carbocycles. The van der Waals surface area contributed by atoms with Crippen molar-refractivity contribution >= 4 is 22.3 Å². The van der Waals surface area contributed by atoms with E-state index in [2.05, 4.69) is 31.7 Å². The Morgan fingerprint density at radius 2 is 2.07 bits per heavy atom. The fourth-order valence-corrected chi connectivity index (χ4v) is 3.53. The number of hydrogen-bond acceptors (Lipinski definition) is 5. The van der Waals surface area contributed by atoms with E-state index in [1.807, 2.05) is 19.1 Å². The molecule has 1 aliphatic heterocycles. The molecule has 1 aromatic heterocycles. The van der Waals surface area contributed by atoms with Crippen LogP contribution < -0.4 is 10.6 Å². The number of aromatic nitrogens is 2. The highest BCUT2D eigenvalue weighted by atomic mass is 16.3. The van der Waals surface area contributed by atoms with Gasteiger partial charge in [0.15, 0.2) is 11.5 Å². The molecule has 0 bridgehead atoms. The zero-order valence-corrected chi connectivity index (χ0v) is 15.2. The van der Waals surface area contributed by atoms with Crippen molar-refractivity contribution in [1.29, 1.82) is 0 Å². The third-order valence-electron chi connectivity index (χ3n) is 4.94. The molecule has 0 aliphatic carbocycles. The van der Waals surface area contributed by atoms with Gasteiger partial charge in [0.2, 0.25) is 0 Å². The topological polar surface area (TPSA) is 74.4 Å². The van der Waals surface area contributed by atoms with Gasteiger partial charge in [0.25, 0.3) is 0 Å². The van der Waals surface area contributed by atoms with Crippen molar-refractivity contribution in [1.82, 2.24) is 15.5 Å². The first-order valence-corrected chi connectivity index (χ1v) is 9.11. The van der Waals surface area contributed by atoms with Crippen LogP contribution in [-0.4, -0.2) is 34.4 Å². The van der Waals surface area contributed by atoms with E-state index in [0.29, 0.717) is 23.0 Å². The molecule has 4 rings (SSSR count). The van der Waals surface area contributed by atoms with E-state index in [1.54, 1.807) is 12.1 Å². The number of hydrogen-bond donors (Lipinski definition) is 3. The van der Waals surface area contributed by atoms with Gasteiger partial charge in [0.05, 0.1) is 6.57 Å². The molecule has 3 aromatic rings. The van der Waals surface area contributed by atoms with Crippen molar-refractivity contribution < 1.29 is 5.11 Å². The van der Waals surface area contributed by atoms with Crippen LogP contribution in [0.15, 0.2) is 36.4 Å². The summed E-state index contributed by atoms with van der Waals surface area (Å²) < 4.78 is 0. The second-order valence-electron chi connectivity index (χ2n) is 6.95. The Labute approximate surface area is 158 Å². The zero-order chi connectivity index (χ0) is 18.8. The molecule has 2 heterocycles. The van der Waals surface area contributed by atoms with Crippen molar-refractivity contribution in [3.8, 4) is 17.0 Å². The van der Waals surface area contributed by atoms with Crippen LogP contribution in [0.1, 0.15) is 18.4 Å². The van der Waals surface area contributed by atoms with Gasteiger partial charge in [-0.2, -0.15) is 0 Å². The molecule has 0 amide bonds. The van der Waals surface area contributed by atoms with Crippen LogP contribution in [0.4, 0.5) is 11.5 Å². The normalized spacial score (nSPS) is 16.8. The van der Waals surface area contributed by atoms with Gasteiger partial charge in [0.1, 0.15) is 11.4 Å². The van der Waals surface area contributed by atoms with E-state index < -0.39 is 0 Å². The van der Waals surface area contributed by atoms with Crippen molar-refractivity contribution in [2.75, 3.05) is 18.4 Å². The lowest BCUT2D eigenvalue weighted by atomic mass is 10.0. The van der Waals surface area contributed by atoms with Gasteiger partial charge in [-0.05, 0) is 38.4 Å². The highest BCUT2D eigenvalue weighted by molar-refractivity contribution is 6.01. The number of phenols is 1. The molecule has 1 fully saturated rings. The lowest BCUT2D eigenvalue weighted by Gasteiger charge is -2.25. The van der Waals surface area contributed by atoms with Gasteiger partial charge in [-0.25, -0.2) is 4.85 Å².